The van der Waals surface area contributed by atoms with Crippen molar-refractivity contribution in [1.29, 1.82) is 0 Å². The predicted molar refractivity (Wildman–Crippen MR) is 119 cm³/mol. The van der Waals surface area contributed by atoms with Crippen molar-refractivity contribution in [3.05, 3.63) is 65.7 Å². The summed E-state index contributed by atoms with van der Waals surface area (Å²) in [5.41, 5.74) is 4.04. The van der Waals surface area contributed by atoms with Crippen molar-refractivity contribution in [2.75, 3.05) is 13.7 Å². The highest BCUT2D eigenvalue weighted by molar-refractivity contribution is 5.85. The molecule has 2 aromatic carbocycles. The third-order valence-electron chi connectivity index (χ3n) is 5.18. The summed E-state index contributed by atoms with van der Waals surface area (Å²) in [5, 5.41) is 7.02. The number of carbonyl (C=O) groups is 2. The van der Waals surface area contributed by atoms with Gasteiger partial charge < -0.3 is 14.8 Å². The van der Waals surface area contributed by atoms with Gasteiger partial charge in [0, 0.05) is 13.2 Å². The van der Waals surface area contributed by atoms with Crippen LogP contribution in [0.1, 0.15) is 49.3 Å². The lowest BCUT2D eigenvalue weighted by molar-refractivity contribution is -0.131. The topological polar surface area (TPSA) is 89.0 Å². The Morgan fingerprint density at radius 1 is 1.06 bits per heavy atom. The van der Waals surface area contributed by atoms with Crippen LogP contribution >= 0.6 is 0 Å². The standard InChI is InChI=1S/C24H29N3O4/c1-30-23(19-8-4-2-5-9-19)24(29)27-25-16-18-12-14-21(15-13-18)31-17-22(28)26-20-10-6-3-7-11-20/h2,4-5,8-9,12-16,20,23H,3,6-7,10-11,17H2,1H3,(H,26,28)(H,27,29)/b25-16-/t23-/m0/s1. The maximum atomic E-state index is 12.3. The molecule has 0 unspecified atom stereocenters. The first-order valence-electron chi connectivity index (χ1n) is 10.6. The van der Waals surface area contributed by atoms with Gasteiger partial charge in [0.2, 0.25) is 0 Å². The normalized spacial score (nSPS) is 15.4. The predicted octanol–water partition coefficient (Wildman–Crippen LogP) is 3.35. The maximum absolute atomic E-state index is 12.3. The lowest BCUT2D eigenvalue weighted by Gasteiger charge is -2.22. The molecule has 1 aliphatic carbocycles. The molecule has 2 N–H and O–H groups in total. The lowest BCUT2D eigenvalue weighted by Crippen LogP contribution is -2.38. The van der Waals surface area contributed by atoms with Crippen LogP contribution < -0.4 is 15.5 Å². The summed E-state index contributed by atoms with van der Waals surface area (Å²) in [6.07, 6.45) is 6.51. The Morgan fingerprint density at radius 2 is 1.77 bits per heavy atom. The molecule has 7 heteroatoms. The molecule has 1 aliphatic rings. The van der Waals surface area contributed by atoms with Crippen LogP contribution in [0, 0.1) is 0 Å². The monoisotopic (exact) mass is 423 g/mol. The summed E-state index contributed by atoms with van der Waals surface area (Å²) in [6.45, 7) is -0.00210. The molecular formula is C24H29N3O4. The first-order chi connectivity index (χ1) is 15.2. The van der Waals surface area contributed by atoms with Gasteiger partial charge in [-0.3, -0.25) is 9.59 Å². The molecule has 0 bridgehead atoms. The minimum Gasteiger partial charge on any atom is -0.484 e. The SMILES string of the molecule is CO[C@H](C(=O)N/N=C\c1ccc(OCC(=O)NC2CCCCC2)cc1)c1ccccc1. The number of ether oxygens (including phenoxy) is 2. The summed E-state index contributed by atoms with van der Waals surface area (Å²) >= 11 is 0. The summed E-state index contributed by atoms with van der Waals surface area (Å²) in [4.78, 5) is 24.3. The fourth-order valence-electron chi connectivity index (χ4n) is 3.57. The molecule has 0 aromatic heterocycles. The molecule has 1 saturated carbocycles. The van der Waals surface area contributed by atoms with Crippen molar-refractivity contribution in [2.24, 2.45) is 5.10 Å². The van der Waals surface area contributed by atoms with E-state index in [0.717, 1.165) is 24.0 Å². The van der Waals surface area contributed by atoms with Gasteiger partial charge in [-0.25, -0.2) is 5.43 Å². The second-order valence-corrected chi connectivity index (χ2v) is 7.52. The van der Waals surface area contributed by atoms with E-state index in [1.807, 2.05) is 30.3 Å². The number of hydrazone groups is 1. The van der Waals surface area contributed by atoms with Gasteiger partial charge in [0.1, 0.15) is 5.75 Å². The van der Waals surface area contributed by atoms with Crippen molar-refractivity contribution >= 4 is 18.0 Å². The Labute approximate surface area is 182 Å². The van der Waals surface area contributed by atoms with Gasteiger partial charge in [0.15, 0.2) is 12.7 Å². The minimum absolute atomic E-state index is 0.00210. The van der Waals surface area contributed by atoms with Gasteiger partial charge in [-0.1, -0.05) is 49.6 Å². The van der Waals surface area contributed by atoms with Gasteiger partial charge in [-0.2, -0.15) is 5.10 Å². The summed E-state index contributed by atoms with van der Waals surface area (Å²) in [7, 11) is 1.48. The van der Waals surface area contributed by atoms with E-state index in [4.69, 9.17) is 9.47 Å². The molecule has 7 nitrogen and oxygen atoms in total. The second kappa shape index (κ2) is 11.9. The molecule has 0 aliphatic heterocycles. The summed E-state index contributed by atoms with van der Waals surface area (Å²) in [6, 6.07) is 16.6. The largest absolute Gasteiger partial charge is 0.484 e. The molecule has 1 fully saturated rings. The number of methoxy groups -OCH3 is 1. The zero-order valence-electron chi connectivity index (χ0n) is 17.8. The fourth-order valence-corrected chi connectivity index (χ4v) is 3.57. The van der Waals surface area contributed by atoms with E-state index in [9.17, 15) is 9.59 Å². The van der Waals surface area contributed by atoms with E-state index in [0.29, 0.717) is 5.75 Å². The number of rotatable bonds is 9. The van der Waals surface area contributed by atoms with Crippen LogP contribution in [0.15, 0.2) is 59.7 Å². The number of carbonyl (C=O) groups excluding carboxylic acids is 2. The van der Waals surface area contributed by atoms with E-state index in [-0.39, 0.29) is 24.5 Å². The third-order valence-corrected chi connectivity index (χ3v) is 5.18. The zero-order valence-corrected chi connectivity index (χ0v) is 17.8. The molecule has 1 atom stereocenters. The van der Waals surface area contributed by atoms with E-state index >= 15 is 0 Å². The molecule has 0 radical (unpaired) electrons. The Bertz CT molecular complexity index is 862. The molecule has 31 heavy (non-hydrogen) atoms. The van der Waals surface area contributed by atoms with Crippen LogP contribution in [-0.4, -0.2) is 37.8 Å². The molecule has 0 heterocycles. The van der Waals surface area contributed by atoms with Crippen molar-refractivity contribution in [3.63, 3.8) is 0 Å². The molecular weight excluding hydrogens is 394 g/mol. The minimum atomic E-state index is -0.728. The van der Waals surface area contributed by atoms with Crippen LogP contribution in [0.2, 0.25) is 0 Å². The average molecular weight is 424 g/mol. The Hall–Kier alpha value is -3.19. The van der Waals surface area contributed by atoms with Crippen LogP contribution in [0.3, 0.4) is 0 Å². The van der Waals surface area contributed by atoms with Crippen LogP contribution in [0.5, 0.6) is 5.75 Å². The number of hydrogen-bond acceptors (Lipinski definition) is 5. The Balaban J connectivity index is 1.43. The zero-order chi connectivity index (χ0) is 21.9. The van der Waals surface area contributed by atoms with Crippen molar-refractivity contribution in [2.45, 2.75) is 44.2 Å². The molecule has 3 rings (SSSR count). The number of nitrogens with one attached hydrogen (secondary N) is 2. The smallest absolute Gasteiger partial charge is 0.273 e. The Kier molecular flexibility index (Phi) is 8.60. The van der Waals surface area contributed by atoms with Gasteiger partial charge >= 0.3 is 0 Å². The van der Waals surface area contributed by atoms with E-state index in [1.54, 1.807) is 24.3 Å². The number of benzene rings is 2. The van der Waals surface area contributed by atoms with Gasteiger partial charge in [0.05, 0.1) is 6.21 Å². The van der Waals surface area contributed by atoms with Gasteiger partial charge in [0.25, 0.3) is 11.8 Å². The highest BCUT2D eigenvalue weighted by Crippen LogP contribution is 2.18. The van der Waals surface area contributed by atoms with Crippen LogP contribution in [0.4, 0.5) is 0 Å². The molecule has 2 amide bonds. The van der Waals surface area contributed by atoms with Crippen molar-refractivity contribution in [3.8, 4) is 5.75 Å². The fraction of sp³-hybridized carbons (Fsp3) is 0.375. The average Bonchev–Trinajstić information content (AvgIpc) is 2.80. The van der Waals surface area contributed by atoms with Crippen molar-refractivity contribution < 1.29 is 19.1 Å². The molecule has 0 saturated heterocycles. The van der Waals surface area contributed by atoms with E-state index in [1.165, 1.54) is 32.6 Å². The lowest BCUT2D eigenvalue weighted by atomic mass is 9.95. The summed E-state index contributed by atoms with van der Waals surface area (Å²) < 4.78 is 10.8. The van der Waals surface area contributed by atoms with Gasteiger partial charge in [-0.05, 0) is 48.2 Å². The first-order valence-corrected chi connectivity index (χ1v) is 10.6. The summed E-state index contributed by atoms with van der Waals surface area (Å²) in [5.74, 6) is 0.156. The second-order valence-electron chi connectivity index (χ2n) is 7.52. The first kappa shape index (κ1) is 22.5. The maximum Gasteiger partial charge on any atom is 0.273 e. The molecule has 164 valence electrons. The highest BCUT2D eigenvalue weighted by atomic mass is 16.5. The van der Waals surface area contributed by atoms with Crippen molar-refractivity contribution in [1.82, 2.24) is 10.7 Å². The van der Waals surface area contributed by atoms with Crippen LogP contribution in [-0.2, 0) is 14.3 Å². The third kappa shape index (κ3) is 7.22. The van der Waals surface area contributed by atoms with E-state index < -0.39 is 6.10 Å². The quantitative estimate of drug-likeness (QED) is 0.478. The highest BCUT2D eigenvalue weighted by Gasteiger charge is 2.19. The van der Waals surface area contributed by atoms with Gasteiger partial charge in [-0.15, -0.1) is 0 Å². The number of nitrogens with zero attached hydrogens (tertiary/aromatic N) is 1. The number of hydrogen-bond donors (Lipinski definition) is 2. The van der Waals surface area contributed by atoms with Crippen LogP contribution in [0.25, 0.3) is 0 Å². The Morgan fingerprint density at radius 3 is 2.45 bits per heavy atom. The number of amides is 2. The van der Waals surface area contributed by atoms with E-state index in [2.05, 4.69) is 15.8 Å². The molecule has 0 spiro atoms. The molecule has 2 aromatic rings.